The van der Waals surface area contributed by atoms with E-state index in [9.17, 15) is 9.59 Å². The van der Waals surface area contributed by atoms with Gasteiger partial charge in [-0.25, -0.2) is 0 Å². The maximum absolute atomic E-state index is 12.7. The fraction of sp³-hybridized carbons (Fsp3) is 0.700. The van der Waals surface area contributed by atoms with E-state index in [2.05, 4.69) is 26.8 Å². The van der Waals surface area contributed by atoms with Crippen molar-refractivity contribution < 1.29 is 9.59 Å². The molecule has 0 aromatic rings. The average Bonchev–Trinajstić information content (AvgIpc) is 2.72. The van der Waals surface area contributed by atoms with Gasteiger partial charge in [0.2, 0.25) is 0 Å². The molecular formula is C20H26O2. The number of rotatable bonds is 0. The second-order valence-corrected chi connectivity index (χ2v) is 8.56. The number of allylic oxidation sites excluding steroid dienone is 4. The summed E-state index contributed by atoms with van der Waals surface area (Å²) >= 11 is 0. The molecule has 6 atom stereocenters. The van der Waals surface area contributed by atoms with Crippen LogP contribution in [0.5, 0.6) is 0 Å². The van der Waals surface area contributed by atoms with Gasteiger partial charge in [0.25, 0.3) is 0 Å². The van der Waals surface area contributed by atoms with Crippen molar-refractivity contribution in [3.8, 4) is 0 Å². The van der Waals surface area contributed by atoms with Crippen LogP contribution in [0.3, 0.4) is 0 Å². The molecule has 4 aliphatic rings. The molecule has 0 N–H and O–H groups in total. The zero-order chi connectivity index (χ0) is 15.7. The zero-order valence-corrected chi connectivity index (χ0v) is 13.9. The molecule has 0 aliphatic heterocycles. The zero-order valence-electron chi connectivity index (χ0n) is 13.9. The molecule has 0 saturated heterocycles. The van der Waals surface area contributed by atoms with Crippen LogP contribution in [0.4, 0.5) is 0 Å². The van der Waals surface area contributed by atoms with Crippen LogP contribution in [0, 0.1) is 34.5 Å². The standard InChI is InChI=1S/C20H26O2/c1-12-10-17-15-5-4-13-11-14(21)6-8-19(13,2)16(15)7-9-20(17,3)18(12)22/h6,8,11-12,15-17H,4-5,7,9-10H2,1-3H3/t12-,15+,16-,17-,19-,20-/m0/s1. The predicted octanol–water partition coefficient (Wildman–Crippen LogP) is 4.11. The lowest BCUT2D eigenvalue weighted by Crippen LogP contribution is -2.49. The van der Waals surface area contributed by atoms with E-state index < -0.39 is 0 Å². The van der Waals surface area contributed by atoms with Crippen molar-refractivity contribution >= 4 is 11.6 Å². The van der Waals surface area contributed by atoms with Crippen LogP contribution in [-0.4, -0.2) is 11.6 Å². The van der Waals surface area contributed by atoms with E-state index in [0.717, 1.165) is 32.1 Å². The third-order valence-electron chi connectivity index (χ3n) is 7.56. The molecule has 2 nitrogen and oxygen atoms in total. The second-order valence-electron chi connectivity index (χ2n) is 8.56. The van der Waals surface area contributed by atoms with Crippen molar-refractivity contribution in [3.63, 3.8) is 0 Å². The fourth-order valence-electron chi connectivity index (χ4n) is 6.31. The molecule has 0 radical (unpaired) electrons. The Morgan fingerprint density at radius 2 is 1.91 bits per heavy atom. The quantitative estimate of drug-likeness (QED) is 0.674. The Bertz CT molecular complexity index is 613. The first-order chi connectivity index (χ1) is 10.4. The number of ketones is 2. The molecule has 2 heteroatoms. The Hall–Kier alpha value is -1.18. The van der Waals surface area contributed by atoms with Crippen molar-refractivity contribution in [2.45, 2.75) is 52.9 Å². The summed E-state index contributed by atoms with van der Waals surface area (Å²) in [6.45, 7) is 6.67. The van der Waals surface area contributed by atoms with Crippen LogP contribution in [-0.2, 0) is 9.59 Å². The Morgan fingerprint density at radius 3 is 2.68 bits per heavy atom. The SMILES string of the molecule is C[C@H]1C[C@H]2[C@@H]3CCC4=CC(=O)C=C[C@]4(C)[C@H]3CC[C@]2(C)C1=O. The van der Waals surface area contributed by atoms with E-state index in [1.165, 1.54) is 5.57 Å². The van der Waals surface area contributed by atoms with E-state index in [-0.39, 0.29) is 22.5 Å². The van der Waals surface area contributed by atoms with E-state index in [0.29, 0.717) is 23.5 Å². The first kappa shape index (κ1) is 14.4. The normalized spacial score (nSPS) is 50.2. The molecule has 3 saturated carbocycles. The monoisotopic (exact) mass is 298 g/mol. The molecule has 0 unspecified atom stereocenters. The third-order valence-corrected chi connectivity index (χ3v) is 7.56. The molecule has 0 aromatic heterocycles. The van der Waals surface area contributed by atoms with Gasteiger partial charge in [0.1, 0.15) is 5.78 Å². The summed E-state index contributed by atoms with van der Waals surface area (Å²) in [6.07, 6.45) is 11.2. The summed E-state index contributed by atoms with van der Waals surface area (Å²) in [5, 5.41) is 0. The van der Waals surface area contributed by atoms with Gasteiger partial charge >= 0.3 is 0 Å². The Labute approximate surface area is 133 Å². The molecule has 0 aromatic carbocycles. The lowest BCUT2D eigenvalue weighted by atomic mass is 9.48. The van der Waals surface area contributed by atoms with Crippen LogP contribution in [0.25, 0.3) is 0 Å². The van der Waals surface area contributed by atoms with Crippen molar-refractivity contribution in [2.24, 2.45) is 34.5 Å². The summed E-state index contributed by atoms with van der Waals surface area (Å²) < 4.78 is 0. The summed E-state index contributed by atoms with van der Waals surface area (Å²) in [7, 11) is 0. The van der Waals surface area contributed by atoms with Gasteiger partial charge in [-0.3, -0.25) is 9.59 Å². The molecule has 0 heterocycles. The molecule has 0 spiro atoms. The number of carbonyl (C=O) groups is 2. The highest BCUT2D eigenvalue weighted by Crippen LogP contribution is 2.64. The van der Waals surface area contributed by atoms with Gasteiger partial charge in [0.05, 0.1) is 0 Å². The molecule has 22 heavy (non-hydrogen) atoms. The van der Waals surface area contributed by atoms with Gasteiger partial charge in [-0.1, -0.05) is 32.4 Å². The van der Waals surface area contributed by atoms with Gasteiger partial charge in [-0.15, -0.1) is 0 Å². The Morgan fingerprint density at radius 1 is 1.14 bits per heavy atom. The maximum atomic E-state index is 12.7. The predicted molar refractivity (Wildman–Crippen MR) is 86.2 cm³/mol. The van der Waals surface area contributed by atoms with Gasteiger partial charge in [-0.2, -0.15) is 0 Å². The lowest BCUT2D eigenvalue weighted by Gasteiger charge is -2.55. The number of hydrogen-bond acceptors (Lipinski definition) is 2. The number of carbonyl (C=O) groups excluding carboxylic acids is 2. The topological polar surface area (TPSA) is 34.1 Å². The maximum Gasteiger partial charge on any atom is 0.178 e. The lowest BCUT2D eigenvalue weighted by molar-refractivity contribution is -0.133. The van der Waals surface area contributed by atoms with E-state index in [1.54, 1.807) is 6.08 Å². The van der Waals surface area contributed by atoms with E-state index >= 15 is 0 Å². The average molecular weight is 298 g/mol. The molecular weight excluding hydrogens is 272 g/mol. The van der Waals surface area contributed by atoms with Crippen LogP contribution in [0.1, 0.15) is 52.9 Å². The molecule has 0 bridgehead atoms. The number of fused-ring (bicyclic) bond motifs is 5. The Kier molecular flexibility index (Phi) is 2.90. The van der Waals surface area contributed by atoms with Gasteiger partial charge in [0.15, 0.2) is 5.78 Å². The minimum absolute atomic E-state index is 0.0486. The summed E-state index contributed by atoms with van der Waals surface area (Å²) in [6, 6.07) is 0. The molecule has 4 aliphatic carbocycles. The number of hydrogen-bond donors (Lipinski definition) is 0. The van der Waals surface area contributed by atoms with E-state index in [1.807, 2.05) is 6.08 Å². The van der Waals surface area contributed by atoms with E-state index in [4.69, 9.17) is 0 Å². The van der Waals surface area contributed by atoms with Gasteiger partial charge in [-0.05, 0) is 62.0 Å². The minimum Gasteiger partial charge on any atom is -0.299 e. The fourth-order valence-corrected chi connectivity index (χ4v) is 6.31. The van der Waals surface area contributed by atoms with Crippen LogP contribution in [0.2, 0.25) is 0 Å². The third kappa shape index (κ3) is 1.67. The second kappa shape index (κ2) is 4.43. The van der Waals surface area contributed by atoms with Crippen molar-refractivity contribution in [1.29, 1.82) is 0 Å². The van der Waals surface area contributed by atoms with Crippen molar-refractivity contribution in [1.82, 2.24) is 0 Å². The highest BCUT2D eigenvalue weighted by atomic mass is 16.1. The summed E-state index contributed by atoms with van der Waals surface area (Å²) in [5.41, 5.74) is 1.31. The van der Waals surface area contributed by atoms with Gasteiger partial charge < -0.3 is 0 Å². The highest BCUT2D eigenvalue weighted by Gasteiger charge is 2.60. The first-order valence-electron chi connectivity index (χ1n) is 8.85. The summed E-state index contributed by atoms with van der Waals surface area (Å²) in [4.78, 5) is 24.4. The minimum atomic E-state index is -0.0770. The number of Topliss-reactive ketones (excluding diaryl/α,β-unsaturated/α-hetero) is 1. The largest absolute Gasteiger partial charge is 0.299 e. The van der Waals surface area contributed by atoms with Crippen molar-refractivity contribution in [2.75, 3.05) is 0 Å². The molecule has 4 rings (SSSR count). The smallest absolute Gasteiger partial charge is 0.178 e. The highest BCUT2D eigenvalue weighted by molar-refractivity contribution is 6.01. The molecule has 0 amide bonds. The van der Waals surface area contributed by atoms with Crippen LogP contribution in [0.15, 0.2) is 23.8 Å². The molecule has 118 valence electrons. The molecule has 3 fully saturated rings. The van der Waals surface area contributed by atoms with Crippen LogP contribution >= 0.6 is 0 Å². The van der Waals surface area contributed by atoms with Crippen molar-refractivity contribution in [3.05, 3.63) is 23.8 Å². The summed E-state index contributed by atoms with van der Waals surface area (Å²) in [5.74, 6) is 2.70. The van der Waals surface area contributed by atoms with Gasteiger partial charge in [0, 0.05) is 16.7 Å². The first-order valence-corrected chi connectivity index (χ1v) is 8.85. The van der Waals surface area contributed by atoms with Crippen LogP contribution < -0.4 is 0 Å². The Balaban J connectivity index is 1.72.